The number of carbonyl (C=O) groups excluding carboxylic acids is 1. The lowest BCUT2D eigenvalue weighted by Gasteiger charge is -2.27. The number of fused-ring (bicyclic) bond motifs is 1. The summed E-state index contributed by atoms with van der Waals surface area (Å²) in [6, 6.07) is 8.84. The van der Waals surface area contributed by atoms with Crippen LogP contribution in [-0.4, -0.2) is 55.2 Å². The molecule has 0 aliphatic carbocycles. The average molecular weight is 456 g/mol. The van der Waals surface area contributed by atoms with Gasteiger partial charge in [0.25, 0.3) is 0 Å². The Morgan fingerprint density at radius 1 is 1.24 bits per heavy atom. The second-order valence-electron chi connectivity index (χ2n) is 6.69. The summed E-state index contributed by atoms with van der Waals surface area (Å²) < 4.78 is 20.2. The number of thiophene rings is 1. The summed E-state index contributed by atoms with van der Waals surface area (Å²) in [5.74, 6) is -0.345. The number of rotatable bonds is 7. The van der Waals surface area contributed by atoms with Crippen LogP contribution in [0.25, 0.3) is 10.2 Å². The van der Waals surface area contributed by atoms with Gasteiger partial charge in [-0.3, -0.25) is 14.6 Å². The number of carbonyl (C=O) groups is 1. The highest BCUT2D eigenvalue weighted by Crippen LogP contribution is 2.31. The monoisotopic (exact) mass is 455 g/mol. The van der Waals surface area contributed by atoms with Crippen molar-refractivity contribution in [2.45, 2.75) is 12.8 Å². The number of halogens is 2. The highest BCUT2D eigenvalue weighted by Gasteiger charge is 2.21. The zero-order chi connectivity index (χ0) is 19.3. The predicted molar refractivity (Wildman–Crippen MR) is 119 cm³/mol. The maximum Gasteiger partial charge on any atom is 0.234 e. The van der Waals surface area contributed by atoms with Crippen LogP contribution in [0.2, 0.25) is 0 Å². The quantitative estimate of drug-likeness (QED) is 0.535. The lowest BCUT2D eigenvalue weighted by Crippen LogP contribution is -2.39. The van der Waals surface area contributed by atoms with Crippen molar-refractivity contribution < 1.29 is 13.9 Å². The molecule has 0 saturated carbocycles. The molecule has 1 fully saturated rings. The van der Waals surface area contributed by atoms with E-state index in [2.05, 4.69) is 9.88 Å². The molecular weight excluding hydrogens is 433 g/mol. The molecule has 3 aromatic rings. The largest absolute Gasteiger partial charge is 0.379 e. The highest BCUT2D eigenvalue weighted by atomic mass is 35.5. The number of ether oxygens (including phenoxy) is 1. The van der Waals surface area contributed by atoms with Crippen LogP contribution in [0.1, 0.15) is 11.3 Å². The molecular formula is C20H23ClFN3O2S2. The van der Waals surface area contributed by atoms with Crippen LogP contribution in [0.5, 0.6) is 0 Å². The van der Waals surface area contributed by atoms with E-state index in [9.17, 15) is 9.18 Å². The minimum Gasteiger partial charge on any atom is -0.379 e. The van der Waals surface area contributed by atoms with E-state index < -0.39 is 0 Å². The topological polar surface area (TPSA) is 45.7 Å². The van der Waals surface area contributed by atoms with Gasteiger partial charge in [-0.1, -0.05) is 23.5 Å². The molecule has 0 bridgehead atoms. The summed E-state index contributed by atoms with van der Waals surface area (Å²) in [5.41, 5.74) is 0.338. The molecule has 0 atom stereocenters. The number of hydrogen-bond donors (Lipinski definition) is 0. The van der Waals surface area contributed by atoms with Crippen LogP contribution in [0.15, 0.2) is 35.7 Å². The van der Waals surface area contributed by atoms with Crippen molar-refractivity contribution in [3.63, 3.8) is 0 Å². The Hall–Kier alpha value is -1.58. The molecule has 5 nitrogen and oxygen atoms in total. The molecule has 0 radical (unpaired) electrons. The molecule has 156 valence electrons. The molecule has 0 N–H and O–H groups in total. The number of morpholine rings is 1. The average Bonchev–Trinajstić information content (AvgIpc) is 3.36. The van der Waals surface area contributed by atoms with E-state index in [1.807, 2.05) is 23.6 Å². The molecule has 3 heterocycles. The fraction of sp³-hybridized carbons (Fsp3) is 0.400. The number of hydrogen-bond acceptors (Lipinski definition) is 6. The molecule has 29 heavy (non-hydrogen) atoms. The smallest absolute Gasteiger partial charge is 0.234 e. The molecule has 9 heteroatoms. The first-order chi connectivity index (χ1) is 13.7. The molecule has 0 unspecified atom stereocenters. The fourth-order valence-corrected chi connectivity index (χ4v) is 5.00. The second-order valence-corrected chi connectivity index (χ2v) is 8.73. The molecule has 1 aliphatic rings. The maximum absolute atomic E-state index is 14.1. The Labute approximate surface area is 183 Å². The Morgan fingerprint density at radius 2 is 2.07 bits per heavy atom. The minimum absolute atomic E-state index is 0. The Kier molecular flexibility index (Phi) is 7.97. The molecule has 1 saturated heterocycles. The van der Waals surface area contributed by atoms with Gasteiger partial charge < -0.3 is 4.74 Å². The SMILES string of the molecule is Cl.O=C(Cc1cccs1)N(CCCN1CCOCC1)c1nc2c(F)cccc2s1. The van der Waals surface area contributed by atoms with Crippen LogP contribution in [0.3, 0.4) is 0 Å². The number of thiazole rings is 1. The van der Waals surface area contributed by atoms with Gasteiger partial charge in [-0.2, -0.15) is 0 Å². The van der Waals surface area contributed by atoms with Gasteiger partial charge in [-0.25, -0.2) is 9.37 Å². The minimum atomic E-state index is -0.348. The van der Waals surface area contributed by atoms with Gasteiger partial charge in [0, 0.05) is 31.1 Å². The van der Waals surface area contributed by atoms with Crippen molar-refractivity contribution in [1.29, 1.82) is 0 Å². The highest BCUT2D eigenvalue weighted by molar-refractivity contribution is 7.22. The number of benzene rings is 1. The van der Waals surface area contributed by atoms with Crippen molar-refractivity contribution in [3.05, 3.63) is 46.4 Å². The summed E-state index contributed by atoms with van der Waals surface area (Å²) in [6.45, 7) is 4.86. The summed E-state index contributed by atoms with van der Waals surface area (Å²) >= 11 is 2.94. The van der Waals surface area contributed by atoms with Crippen LogP contribution in [0.4, 0.5) is 9.52 Å². The van der Waals surface area contributed by atoms with Gasteiger partial charge in [-0.15, -0.1) is 23.7 Å². The number of nitrogens with zero attached hydrogens (tertiary/aromatic N) is 3. The molecule has 1 amide bonds. The number of anilines is 1. The standard InChI is InChI=1S/C20H22FN3O2S2.ClH/c21-16-5-1-6-17-19(16)22-20(28-17)24(18(25)14-15-4-2-13-27-15)8-3-7-23-9-11-26-12-10-23;/h1-2,4-6,13H,3,7-12,14H2;1H. The Bertz CT molecular complexity index is 929. The van der Waals surface area contributed by atoms with E-state index >= 15 is 0 Å². The molecule has 4 rings (SSSR count). The Balaban J connectivity index is 0.00000240. The van der Waals surface area contributed by atoms with Gasteiger partial charge in [0.1, 0.15) is 11.3 Å². The van der Waals surface area contributed by atoms with Gasteiger partial charge in [0.15, 0.2) is 5.13 Å². The van der Waals surface area contributed by atoms with Crippen molar-refractivity contribution in [2.24, 2.45) is 0 Å². The van der Waals surface area contributed by atoms with E-state index in [-0.39, 0.29) is 24.1 Å². The summed E-state index contributed by atoms with van der Waals surface area (Å²) in [7, 11) is 0. The normalized spacial score (nSPS) is 14.7. The van der Waals surface area contributed by atoms with E-state index in [0.717, 1.165) is 48.8 Å². The second kappa shape index (κ2) is 10.4. The van der Waals surface area contributed by atoms with Gasteiger partial charge in [0.2, 0.25) is 5.91 Å². The fourth-order valence-electron chi connectivity index (χ4n) is 3.28. The van der Waals surface area contributed by atoms with E-state index in [1.54, 1.807) is 22.3 Å². The van der Waals surface area contributed by atoms with E-state index in [4.69, 9.17) is 4.74 Å². The van der Waals surface area contributed by atoms with Crippen LogP contribution >= 0.6 is 35.1 Å². The Morgan fingerprint density at radius 3 is 2.79 bits per heavy atom. The molecule has 2 aromatic heterocycles. The third-order valence-corrected chi connectivity index (χ3v) is 6.68. The zero-order valence-corrected chi connectivity index (χ0v) is 18.3. The van der Waals surface area contributed by atoms with Crippen molar-refractivity contribution >= 4 is 56.3 Å². The first-order valence-electron chi connectivity index (χ1n) is 9.38. The third-order valence-electron chi connectivity index (χ3n) is 4.76. The number of para-hydroxylation sites is 1. The van der Waals surface area contributed by atoms with Crippen LogP contribution < -0.4 is 4.90 Å². The van der Waals surface area contributed by atoms with Gasteiger partial charge in [-0.05, 0) is 30.0 Å². The van der Waals surface area contributed by atoms with Crippen LogP contribution in [-0.2, 0) is 16.0 Å². The third kappa shape index (κ3) is 5.52. The van der Waals surface area contributed by atoms with Crippen molar-refractivity contribution in [3.8, 4) is 0 Å². The first-order valence-corrected chi connectivity index (χ1v) is 11.1. The predicted octanol–water partition coefficient (Wildman–Crippen LogP) is 4.22. The lowest BCUT2D eigenvalue weighted by molar-refractivity contribution is -0.118. The van der Waals surface area contributed by atoms with Gasteiger partial charge in [0.05, 0.1) is 24.3 Å². The van der Waals surface area contributed by atoms with E-state index in [0.29, 0.717) is 23.6 Å². The van der Waals surface area contributed by atoms with Crippen molar-refractivity contribution in [1.82, 2.24) is 9.88 Å². The van der Waals surface area contributed by atoms with E-state index in [1.165, 1.54) is 17.4 Å². The molecule has 1 aliphatic heterocycles. The zero-order valence-electron chi connectivity index (χ0n) is 15.9. The lowest BCUT2D eigenvalue weighted by atomic mass is 10.3. The maximum atomic E-state index is 14.1. The van der Waals surface area contributed by atoms with Crippen LogP contribution in [0, 0.1) is 5.82 Å². The number of amides is 1. The number of aromatic nitrogens is 1. The molecule has 1 aromatic carbocycles. The first kappa shape index (κ1) is 22.1. The van der Waals surface area contributed by atoms with Crippen molar-refractivity contribution in [2.75, 3.05) is 44.3 Å². The summed E-state index contributed by atoms with van der Waals surface area (Å²) in [5, 5.41) is 2.54. The molecule has 0 spiro atoms. The summed E-state index contributed by atoms with van der Waals surface area (Å²) in [6.07, 6.45) is 1.18. The van der Waals surface area contributed by atoms with Gasteiger partial charge >= 0.3 is 0 Å². The summed E-state index contributed by atoms with van der Waals surface area (Å²) in [4.78, 5) is 22.6.